The van der Waals surface area contributed by atoms with Gasteiger partial charge in [0, 0.05) is 6.04 Å². The number of carbonyl (C=O) groups is 3. The molecular formula is C21H30N2O6. The molecule has 0 unspecified atom stereocenters. The Morgan fingerprint density at radius 2 is 1.79 bits per heavy atom. The lowest BCUT2D eigenvalue weighted by molar-refractivity contribution is -0.127. The first-order valence-corrected chi connectivity index (χ1v) is 9.93. The number of esters is 1. The molecule has 2 rings (SSSR count). The van der Waals surface area contributed by atoms with E-state index in [1.165, 1.54) is 26.2 Å². The molecule has 8 heteroatoms. The summed E-state index contributed by atoms with van der Waals surface area (Å²) in [4.78, 5) is 36.4. The number of imide groups is 1. The van der Waals surface area contributed by atoms with Gasteiger partial charge in [0.1, 0.15) is 0 Å². The van der Waals surface area contributed by atoms with Crippen molar-refractivity contribution < 1.29 is 28.6 Å². The standard InChI is InChI=1S/C21H30N2O6/c1-13(2)12-28-17-10-9-15(11-18(17)27-4)20(25)29-14(3)19(24)23-21(26)22-16-7-5-6-8-16/h9-11,13-14,16H,5-8,12H2,1-4H3,(H2,22,23,24,26)/t14-/m1/s1. The second-order valence-corrected chi connectivity index (χ2v) is 7.56. The lowest BCUT2D eigenvalue weighted by atomic mass is 10.2. The SMILES string of the molecule is COc1cc(C(=O)O[C@H](C)C(=O)NC(=O)NC2CCCC2)ccc1OCC(C)C. The molecule has 3 amide bonds. The minimum atomic E-state index is -1.13. The topological polar surface area (TPSA) is 103 Å². The molecule has 160 valence electrons. The summed E-state index contributed by atoms with van der Waals surface area (Å²) in [6, 6.07) is 4.17. The molecular weight excluding hydrogens is 376 g/mol. The van der Waals surface area contributed by atoms with E-state index in [4.69, 9.17) is 14.2 Å². The first kappa shape index (κ1) is 22.5. The fraction of sp³-hybridized carbons (Fsp3) is 0.571. The van der Waals surface area contributed by atoms with Gasteiger partial charge < -0.3 is 19.5 Å². The highest BCUT2D eigenvalue weighted by Gasteiger charge is 2.23. The molecule has 0 heterocycles. The van der Waals surface area contributed by atoms with Crippen LogP contribution in [0.1, 0.15) is 56.8 Å². The number of urea groups is 1. The predicted octanol–water partition coefficient (Wildman–Crippen LogP) is 3.04. The number of carbonyl (C=O) groups excluding carboxylic acids is 3. The van der Waals surface area contributed by atoms with Crippen LogP contribution in [-0.4, -0.2) is 43.8 Å². The quantitative estimate of drug-likeness (QED) is 0.643. The number of ether oxygens (including phenoxy) is 3. The Morgan fingerprint density at radius 3 is 2.41 bits per heavy atom. The molecule has 2 N–H and O–H groups in total. The van der Waals surface area contributed by atoms with Crippen LogP contribution in [0.25, 0.3) is 0 Å². The average Bonchev–Trinajstić information content (AvgIpc) is 3.18. The third kappa shape index (κ3) is 6.96. The Bertz CT molecular complexity index is 728. The average molecular weight is 406 g/mol. The third-order valence-electron chi connectivity index (χ3n) is 4.55. The van der Waals surface area contributed by atoms with Gasteiger partial charge in [-0.3, -0.25) is 10.1 Å². The molecule has 0 aromatic heterocycles. The predicted molar refractivity (Wildman–Crippen MR) is 107 cm³/mol. The van der Waals surface area contributed by atoms with Crippen LogP contribution in [0.15, 0.2) is 18.2 Å². The smallest absolute Gasteiger partial charge is 0.339 e. The highest BCUT2D eigenvalue weighted by atomic mass is 16.5. The molecule has 1 aromatic rings. The summed E-state index contributed by atoms with van der Waals surface area (Å²) < 4.78 is 16.1. The Labute approximate surface area is 171 Å². The van der Waals surface area contributed by atoms with Gasteiger partial charge in [-0.15, -0.1) is 0 Å². The Hall–Kier alpha value is -2.77. The minimum Gasteiger partial charge on any atom is -0.493 e. The second kappa shape index (κ2) is 10.7. The van der Waals surface area contributed by atoms with Crippen LogP contribution in [0.2, 0.25) is 0 Å². The van der Waals surface area contributed by atoms with Gasteiger partial charge >= 0.3 is 12.0 Å². The summed E-state index contributed by atoms with van der Waals surface area (Å²) in [6.45, 7) is 5.98. The van der Waals surface area contributed by atoms with Crippen molar-refractivity contribution in [1.29, 1.82) is 0 Å². The van der Waals surface area contributed by atoms with Gasteiger partial charge in [0.2, 0.25) is 0 Å². The molecule has 1 fully saturated rings. The van der Waals surface area contributed by atoms with E-state index >= 15 is 0 Å². The minimum absolute atomic E-state index is 0.0875. The van der Waals surface area contributed by atoms with Crippen molar-refractivity contribution in [1.82, 2.24) is 10.6 Å². The summed E-state index contributed by atoms with van der Waals surface area (Å²) in [6.07, 6.45) is 2.82. The van der Waals surface area contributed by atoms with Crippen molar-refractivity contribution in [2.45, 2.75) is 58.6 Å². The summed E-state index contributed by atoms with van der Waals surface area (Å²) in [5.41, 5.74) is 0.216. The van der Waals surface area contributed by atoms with Crippen LogP contribution in [0, 0.1) is 5.92 Å². The van der Waals surface area contributed by atoms with E-state index < -0.39 is 24.0 Å². The molecule has 1 atom stereocenters. The molecule has 1 aliphatic rings. The Morgan fingerprint density at radius 1 is 1.10 bits per heavy atom. The van der Waals surface area contributed by atoms with Crippen molar-refractivity contribution in [2.24, 2.45) is 5.92 Å². The zero-order chi connectivity index (χ0) is 21.4. The second-order valence-electron chi connectivity index (χ2n) is 7.56. The number of benzene rings is 1. The molecule has 1 saturated carbocycles. The van der Waals surface area contributed by atoms with Crippen molar-refractivity contribution in [3.63, 3.8) is 0 Å². The number of amides is 3. The van der Waals surface area contributed by atoms with E-state index in [0.29, 0.717) is 24.0 Å². The number of nitrogens with one attached hydrogen (secondary N) is 2. The van der Waals surface area contributed by atoms with E-state index in [0.717, 1.165) is 25.7 Å². The van der Waals surface area contributed by atoms with E-state index in [-0.39, 0.29) is 11.6 Å². The molecule has 29 heavy (non-hydrogen) atoms. The van der Waals surface area contributed by atoms with Gasteiger partial charge in [-0.05, 0) is 43.9 Å². The van der Waals surface area contributed by atoms with Gasteiger partial charge in [-0.25, -0.2) is 9.59 Å². The van der Waals surface area contributed by atoms with Crippen molar-refractivity contribution in [3.8, 4) is 11.5 Å². The largest absolute Gasteiger partial charge is 0.493 e. The van der Waals surface area contributed by atoms with Crippen LogP contribution < -0.4 is 20.1 Å². The van der Waals surface area contributed by atoms with E-state index in [1.807, 2.05) is 13.8 Å². The summed E-state index contributed by atoms with van der Waals surface area (Å²) in [5.74, 6) is -0.120. The number of rotatable bonds is 8. The zero-order valence-electron chi connectivity index (χ0n) is 17.4. The summed E-state index contributed by atoms with van der Waals surface area (Å²) in [5, 5.41) is 4.96. The van der Waals surface area contributed by atoms with Crippen LogP contribution in [0.5, 0.6) is 11.5 Å². The summed E-state index contributed by atoms with van der Waals surface area (Å²) >= 11 is 0. The molecule has 8 nitrogen and oxygen atoms in total. The van der Waals surface area contributed by atoms with Gasteiger partial charge in [0.05, 0.1) is 19.3 Å². The van der Waals surface area contributed by atoms with E-state index in [9.17, 15) is 14.4 Å². The van der Waals surface area contributed by atoms with Crippen LogP contribution in [-0.2, 0) is 9.53 Å². The van der Waals surface area contributed by atoms with Crippen molar-refractivity contribution >= 4 is 17.9 Å². The van der Waals surface area contributed by atoms with Crippen molar-refractivity contribution in [3.05, 3.63) is 23.8 Å². The Kier molecular flexibility index (Phi) is 8.30. The van der Waals surface area contributed by atoms with Crippen LogP contribution in [0.3, 0.4) is 0 Å². The lowest BCUT2D eigenvalue weighted by Crippen LogP contribution is -2.47. The third-order valence-corrected chi connectivity index (χ3v) is 4.55. The normalized spacial score (nSPS) is 14.9. The van der Waals surface area contributed by atoms with E-state index in [1.54, 1.807) is 6.07 Å². The Balaban J connectivity index is 1.90. The molecule has 1 aliphatic carbocycles. The number of hydrogen-bond donors (Lipinski definition) is 2. The zero-order valence-corrected chi connectivity index (χ0v) is 17.4. The fourth-order valence-corrected chi connectivity index (χ4v) is 2.96. The first-order chi connectivity index (χ1) is 13.8. The maximum absolute atomic E-state index is 12.4. The molecule has 0 bridgehead atoms. The van der Waals surface area contributed by atoms with Crippen LogP contribution >= 0.6 is 0 Å². The molecule has 0 radical (unpaired) electrons. The van der Waals surface area contributed by atoms with Gasteiger partial charge in [0.15, 0.2) is 17.6 Å². The van der Waals surface area contributed by atoms with E-state index in [2.05, 4.69) is 10.6 Å². The van der Waals surface area contributed by atoms with Gasteiger partial charge in [-0.2, -0.15) is 0 Å². The number of methoxy groups -OCH3 is 1. The summed E-state index contributed by atoms with van der Waals surface area (Å²) in [7, 11) is 1.48. The fourth-order valence-electron chi connectivity index (χ4n) is 2.96. The van der Waals surface area contributed by atoms with Gasteiger partial charge in [0.25, 0.3) is 5.91 Å². The van der Waals surface area contributed by atoms with Crippen LogP contribution in [0.4, 0.5) is 4.79 Å². The monoisotopic (exact) mass is 406 g/mol. The lowest BCUT2D eigenvalue weighted by Gasteiger charge is -2.16. The highest BCUT2D eigenvalue weighted by molar-refractivity contribution is 5.98. The molecule has 0 aliphatic heterocycles. The number of hydrogen-bond acceptors (Lipinski definition) is 6. The van der Waals surface area contributed by atoms with Gasteiger partial charge in [-0.1, -0.05) is 26.7 Å². The molecule has 1 aromatic carbocycles. The molecule has 0 spiro atoms. The maximum atomic E-state index is 12.4. The van der Waals surface area contributed by atoms with Crippen molar-refractivity contribution in [2.75, 3.05) is 13.7 Å². The molecule has 0 saturated heterocycles. The first-order valence-electron chi connectivity index (χ1n) is 9.93. The maximum Gasteiger partial charge on any atom is 0.339 e. The highest BCUT2D eigenvalue weighted by Crippen LogP contribution is 2.29.